The van der Waals surface area contributed by atoms with Crippen molar-refractivity contribution in [2.24, 2.45) is 0 Å². The Morgan fingerprint density at radius 1 is 1.00 bits per heavy atom. The van der Waals surface area contributed by atoms with Gasteiger partial charge in [0.2, 0.25) is 0 Å². The molecule has 0 saturated carbocycles. The molecule has 1 fully saturated rings. The predicted molar refractivity (Wildman–Crippen MR) is 98.1 cm³/mol. The predicted octanol–water partition coefficient (Wildman–Crippen LogP) is 4.62. The van der Waals surface area contributed by atoms with E-state index in [9.17, 15) is 4.79 Å². The Balaban J connectivity index is 1.73. The van der Waals surface area contributed by atoms with Crippen LogP contribution in [0, 0.1) is 13.8 Å². The van der Waals surface area contributed by atoms with Crippen molar-refractivity contribution in [2.45, 2.75) is 25.5 Å². The van der Waals surface area contributed by atoms with E-state index in [4.69, 9.17) is 0 Å². The maximum absolute atomic E-state index is 12.8. The third-order valence-corrected chi connectivity index (χ3v) is 5.85. The number of hydrogen-bond donors (Lipinski definition) is 0. The van der Waals surface area contributed by atoms with Crippen LogP contribution in [0.3, 0.4) is 0 Å². The van der Waals surface area contributed by atoms with E-state index in [0.29, 0.717) is 5.25 Å². The van der Waals surface area contributed by atoms with E-state index < -0.39 is 0 Å². The van der Waals surface area contributed by atoms with Crippen LogP contribution in [-0.2, 0) is 0 Å². The Morgan fingerprint density at radius 3 is 2.43 bits per heavy atom. The molecule has 1 heterocycles. The highest BCUT2D eigenvalue weighted by Gasteiger charge is 2.24. The van der Waals surface area contributed by atoms with Gasteiger partial charge < -0.3 is 4.90 Å². The van der Waals surface area contributed by atoms with E-state index in [1.165, 1.54) is 11.1 Å². The van der Waals surface area contributed by atoms with Gasteiger partial charge in [0.25, 0.3) is 5.91 Å². The lowest BCUT2D eigenvalue weighted by molar-refractivity contribution is 0.0766. The lowest BCUT2D eigenvalue weighted by atomic mass is 10.0. The SMILES string of the molecule is Cc1ccccc1C(=O)N1CCSC(c2ccccc2C)CC1. The smallest absolute Gasteiger partial charge is 0.254 e. The van der Waals surface area contributed by atoms with Crippen LogP contribution in [0.25, 0.3) is 0 Å². The van der Waals surface area contributed by atoms with Gasteiger partial charge in [-0.25, -0.2) is 0 Å². The molecule has 0 aromatic heterocycles. The van der Waals surface area contributed by atoms with E-state index in [-0.39, 0.29) is 5.91 Å². The third-order valence-electron chi connectivity index (χ3n) is 4.54. The maximum Gasteiger partial charge on any atom is 0.254 e. The van der Waals surface area contributed by atoms with E-state index in [0.717, 1.165) is 36.4 Å². The summed E-state index contributed by atoms with van der Waals surface area (Å²) in [5.41, 5.74) is 4.67. The normalized spacial score (nSPS) is 18.5. The van der Waals surface area contributed by atoms with Crippen molar-refractivity contribution in [3.8, 4) is 0 Å². The van der Waals surface area contributed by atoms with Crippen molar-refractivity contribution in [2.75, 3.05) is 18.8 Å². The molecule has 2 aromatic rings. The highest BCUT2D eigenvalue weighted by atomic mass is 32.2. The number of hydrogen-bond acceptors (Lipinski definition) is 2. The lowest BCUT2D eigenvalue weighted by Gasteiger charge is -2.21. The first-order valence-electron chi connectivity index (χ1n) is 8.19. The minimum Gasteiger partial charge on any atom is -0.338 e. The molecule has 120 valence electrons. The first kappa shape index (κ1) is 16.1. The van der Waals surface area contributed by atoms with Crippen LogP contribution in [0.4, 0.5) is 0 Å². The molecular formula is C20H23NOS. The molecule has 2 nitrogen and oxygen atoms in total. The number of aryl methyl sites for hydroxylation is 2. The molecule has 1 saturated heterocycles. The lowest BCUT2D eigenvalue weighted by Crippen LogP contribution is -2.33. The van der Waals surface area contributed by atoms with Gasteiger partial charge in [0.1, 0.15) is 0 Å². The summed E-state index contributed by atoms with van der Waals surface area (Å²) >= 11 is 1.98. The van der Waals surface area contributed by atoms with Crippen molar-refractivity contribution >= 4 is 17.7 Å². The molecule has 0 aliphatic carbocycles. The fourth-order valence-electron chi connectivity index (χ4n) is 3.15. The topological polar surface area (TPSA) is 20.3 Å². The van der Waals surface area contributed by atoms with Crippen LogP contribution in [0.1, 0.15) is 38.7 Å². The first-order chi connectivity index (χ1) is 11.2. The number of rotatable bonds is 2. The quantitative estimate of drug-likeness (QED) is 0.803. The summed E-state index contributed by atoms with van der Waals surface area (Å²) in [5, 5.41) is 0.492. The number of nitrogens with zero attached hydrogens (tertiary/aromatic N) is 1. The largest absolute Gasteiger partial charge is 0.338 e. The fraction of sp³-hybridized carbons (Fsp3) is 0.350. The monoisotopic (exact) mass is 325 g/mol. The van der Waals surface area contributed by atoms with Gasteiger partial charge in [-0.2, -0.15) is 11.8 Å². The summed E-state index contributed by atoms with van der Waals surface area (Å²) in [6.45, 7) is 5.85. The van der Waals surface area contributed by atoms with E-state index >= 15 is 0 Å². The van der Waals surface area contributed by atoms with Crippen molar-refractivity contribution < 1.29 is 4.79 Å². The van der Waals surface area contributed by atoms with Crippen LogP contribution in [0.15, 0.2) is 48.5 Å². The molecule has 0 spiro atoms. The zero-order chi connectivity index (χ0) is 16.2. The molecule has 23 heavy (non-hydrogen) atoms. The molecule has 0 bridgehead atoms. The van der Waals surface area contributed by atoms with Gasteiger partial charge in [-0.1, -0.05) is 42.5 Å². The molecule has 1 unspecified atom stereocenters. The van der Waals surface area contributed by atoms with Crippen LogP contribution < -0.4 is 0 Å². The summed E-state index contributed by atoms with van der Waals surface area (Å²) in [5.74, 6) is 1.17. The average molecular weight is 325 g/mol. The number of carbonyl (C=O) groups excluding carboxylic acids is 1. The van der Waals surface area contributed by atoms with Crippen molar-refractivity contribution in [3.05, 3.63) is 70.8 Å². The summed E-state index contributed by atoms with van der Waals surface area (Å²) < 4.78 is 0. The molecule has 1 atom stereocenters. The van der Waals surface area contributed by atoms with Gasteiger partial charge in [0.15, 0.2) is 0 Å². The second-order valence-corrected chi connectivity index (χ2v) is 7.42. The Kier molecular flexibility index (Phi) is 5.06. The average Bonchev–Trinajstić information content (AvgIpc) is 2.81. The standard InChI is InChI=1S/C20H23NOS/c1-15-7-3-5-9-17(15)19-11-12-21(13-14-23-19)20(22)18-10-6-4-8-16(18)2/h3-10,19H,11-14H2,1-2H3. The van der Waals surface area contributed by atoms with Crippen LogP contribution in [-0.4, -0.2) is 29.6 Å². The zero-order valence-electron chi connectivity index (χ0n) is 13.8. The Morgan fingerprint density at radius 2 is 1.70 bits per heavy atom. The first-order valence-corrected chi connectivity index (χ1v) is 9.23. The zero-order valence-corrected chi connectivity index (χ0v) is 14.6. The van der Waals surface area contributed by atoms with Gasteiger partial charge in [-0.3, -0.25) is 4.79 Å². The number of carbonyl (C=O) groups is 1. The number of amides is 1. The molecular weight excluding hydrogens is 302 g/mol. The molecule has 1 aliphatic heterocycles. The minimum atomic E-state index is 0.175. The highest BCUT2D eigenvalue weighted by molar-refractivity contribution is 7.99. The summed E-state index contributed by atoms with van der Waals surface area (Å²) in [6.07, 6.45) is 1.02. The van der Waals surface area contributed by atoms with Gasteiger partial charge >= 0.3 is 0 Å². The maximum atomic E-state index is 12.8. The van der Waals surface area contributed by atoms with Crippen LogP contribution >= 0.6 is 11.8 Å². The Hall–Kier alpha value is -1.74. The summed E-state index contributed by atoms with van der Waals surface area (Å²) in [4.78, 5) is 14.8. The van der Waals surface area contributed by atoms with Crippen LogP contribution in [0.5, 0.6) is 0 Å². The molecule has 0 radical (unpaired) electrons. The molecule has 0 N–H and O–H groups in total. The van der Waals surface area contributed by atoms with Gasteiger partial charge in [0, 0.05) is 29.7 Å². The Bertz CT molecular complexity index is 698. The highest BCUT2D eigenvalue weighted by Crippen LogP contribution is 2.36. The molecule has 1 amide bonds. The number of thioether (sulfide) groups is 1. The van der Waals surface area contributed by atoms with Crippen molar-refractivity contribution in [3.63, 3.8) is 0 Å². The number of benzene rings is 2. The van der Waals surface area contributed by atoms with Gasteiger partial charge in [0.05, 0.1) is 0 Å². The molecule has 2 aromatic carbocycles. The Labute approximate surface area is 142 Å². The second-order valence-electron chi connectivity index (χ2n) is 6.11. The molecule has 3 rings (SSSR count). The van der Waals surface area contributed by atoms with E-state index in [2.05, 4.69) is 31.2 Å². The van der Waals surface area contributed by atoms with E-state index in [1.807, 2.05) is 47.9 Å². The molecule has 1 aliphatic rings. The third kappa shape index (κ3) is 3.61. The minimum absolute atomic E-state index is 0.175. The van der Waals surface area contributed by atoms with Gasteiger partial charge in [-0.05, 0) is 43.0 Å². The van der Waals surface area contributed by atoms with Crippen LogP contribution in [0.2, 0.25) is 0 Å². The van der Waals surface area contributed by atoms with Crippen molar-refractivity contribution in [1.82, 2.24) is 4.90 Å². The fourth-order valence-corrected chi connectivity index (χ4v) is 4.48. The van der Waals surface area contributed by atoms with Gasteiger partial charge in [-0.15, -0.1) is 0 Å². The summed E-state index contributed by atoms with van der Waals surface area (Å²) in [6, 6.07) is 16.5. The van der Waals surface area contributed by atoms with E-state index in [1.54, 1.807) is 0 Å². The van der Waals surface area contributed by atoms with Crippen molar-refractivity contribution in [1.29, 1.82) is 0 Å². The molecule has 3 heteroatoms. The summed E-state index contributed by atoms with van der Waals surface area (Å²) in [7, 11) is 0. The second kappa shape index (κ2) is 7.22.